The summed E-state index contributed by atoms with van der Waals surface area (Å²) in [6.45, 7) is 13.7. The van der Waals surface area contributed by atoms with Gasteiger partial charge in [0.05, 0.1) is 0 Å². The van der Waals surface area contributed by atoms with Gasteiger partial charge in [0.15, 0.2) is 0 Å². The Balaban J connectivity index is 1.50. The summed E-state index contributed by atoms with van der Waals surface area (Å²) < 4.78 is 0. The zero-order valence-electron chi connectivity index (χ0n) is 24.3. The molecule has 0 fully saturated rings. The molecular formula is C40H40. The Kier molecular flexibility index (Phi) is 8.17. The van der Waals surface area contributed by atoms with Crippen molar-refractivity contribution in [3.8, 4) is 11.1 Å². The van der Waals surface area contributed by atoms with E-state index in [2.05, 4.69) is 162 Å². The summed E-state index contributed by atoms with van der Waals surface area (Å²) in [7, 11) is 0. The Bertz CT molecular complexity index is 1580. The van der Waals surface area contributed by atoms with Crippen LogP contribution in [0.15, 0.2) is 134 Å². The van der Waals surface area contributed by atoms with Crippen LogP contribution in [-0.2, 0) is 0 Å². The zero-order chi connectivity index (χ0) is 28.1. The normalized spacial score (nSPS) is 15.6. The molecule has 4 aromatic carbocycles. The standard InChI is InChI=1S/C40H40/c1-29-16-12-13-24-37(29)39-30(2)17-14-25-38(39)34-22-15-23-36(27-34)40(4,5)28-35(33-20-10-7-11-21-33)26-31(3)32-18-8-6-9-19-32/h6-22,24-27,36H,3,23,28H2,1-2,4-5H3/b35-26+. The smallest absolute Gasteiger partial charge is 0.00736 e. The van der Waals surface area contributed by atoms with E-state index in [1.54, 1.807) is 0 Å². The SMILES string of the molecule is C=C(/C=C(\CC(C)(C)C1C=C(c2cccc(C)c2-c2ccccc2C)C=CC1)c1ccccc1)c1ccccc1. The fraction of sp³-hybridized carbons (Fsp3) is 0.200. The van der Waals surface area contributed by atoms with E-state index in [1.165, 1.54) is 50.1 Å². The van der Waals surface area contributed by atoms with Gasteiger partial charge in [0.1, 0.15) is 0 Å². The molecule has 0 amide bonds. The maximum Gasteiger partial charge on any atom is -0.00736 e. The minimum atomic E-state index is 0.0430. The lowest BCUT2D eigenvalue weighted by Gasteiger charge is -2.35. The highest BCUT2D eigenvalue weighted by Gasteiger charge is 2.30. The van der Waals surface area contributed by atoms with Crippen molar-refractivity contribution in [1.29, 1.82) is 0 Å². The van der Waals surface area contributed by atoms with Crippen molar-refractivity contribution in [3.63, 3.8) is 0 Å². The zero-order valence-corrected chi connectivity index (χ0v) is 24.3. The van der Waals surface area contributed by atoms with Gasteiger partial charge in [0.2, 0.25) is 0 Å². The van der Waals surface area contributed by atoms with Crippen molar-refractivity contribution in [3.05, 3.63) is 162 Å². The van der Waals surface area contributed by atoms with E-state index in [4.69, 9.17) is 0 Å². The van der Waals surface area contributed by atoms with Crippen LogP contribution in [0, 0.1) is 25.2 Å². The number of hydrogen-bond donors (Lipinski definition) is 0. The summed E-state index contributed by atoms with van der Waals surface area (Å²) in [5.74, 6) is 0.412. The van der Waals surface area contributed by atoms with Crippen LogP contribution in [0.1, 0.15) is 54.5 Å². The first kappa shape index (κ1) is 27.4. The molecule has 1 atom stereocenters. The number of aryl methyl sites for hydroxylation is 2. The summed E-state index contributed by atoms with van der Waals surface area (Å²) in [6, 6.07) is 36.8. The minimum Gasteiger partial charge on any atom is -0.0911 e. The van der Waals surface area contributed by atoms with Crippen LogP contribution in [0.25, 0.3) is 27.8 Å². The van der Waals surface area contributed by atoms with E-state index in [0.717, 1.165) is 18.4 Å². The van der Waals surface area contributed by atoms with Crippen molar-refractivity contribution in [2.45, 2.75) is 40.5 Å². The Morgan fingerprint density at radius 3 is 2.05 bits per heavy atom. The van der Waals surface area contributed by atoms with E-state index < -0.39 is 0 Å². The lowest BCUT2D eigenvalue weighted by atomic mass is 9.69. The molecule has 0 spiro atoms. The molecule has 1 aliphatic rings. The molecule has 0 radical (unpaired) electrons. The molecule has 0 heterocycles. The number of benzene rings is 4. The van der Waals surface area contributed by atoms with E-state index >= 15 is 0 Å². The van der Waals surface area contributed by atoms with Crippen molar-refractivity contribution in [1.82, 2.24) is 0 Å². The van der Waals surface area contributed by atoms with Gasteiger partial charge in [-0.2, -0.15) is 0 Å². The van der Waals surface area contributed by atoms with E-state index in [1.807, 2.05) is 0 Å². The predicted molar refractivity (Wildman–Crippen MR) is 175 cm³/mol. The van der Waals surface area contributed by atoms with Gasteiger partial charge < -0.3 is 0 Å². The first-order valence-corrected chi connectivity index (χ1v) is 14.4. The Morgan fingerprint density at radius 1 is 0.750 bits per heavy atom. The monoisotopic (exact) mass is 520 g/mol. The van der Waals surface area contributed by atoms with Crippen molar-refractivity contribution in [2.24, 2.45) is 11.3 Å². The highest BCUT2D eigenvalue weighted by Crippen LogP contribution is 2.44. The number of allylic oxidation sites excluding steroid dienone is 7. The molecule has 200 valence electrons. The third-order valence-electron chi connectivity index (χ3n) is 8.35. The number of hydrogen-bond acceptors (Lipinski definition) is 0. The minimum absolute atomic E-state index is 0.0430. The Morgan fingerprint density at radius 2 is 1.35 bits per heavy atom. The van der Waals surface area contributed by atoms with Crippen molar-refractivity contribution < 1.29 is 0 Å². The van der Waals surface area contributed by atoms with Gasteiger partial charge in [-0.1, -0.05) is 148 Å². The molecule has 0 N–H and O–H groups in total. The van der Waals surface area contributed by atoms with Gasteiger partial charge in [-0.05, 0) is 93.7 Å². The van der Waals surface area contributed by atoms with Gasteiger partial charge in [0.25, 0.3) is 0 Å². The molecule has 1 aliphatic carbocycles. The van der Waals surface area contributed by atoms with Crippen molar-refractivity contribution in [2.75, 3.05) is 0 Å². The topological polar surface area (TPSA) is 0 Å². The lowest BCUT2D eigenvalue weighted by molar-refractivity contribution is 0.268. The molecule has 0 aromatic heterocycles. The molecule has 0 saturated heterocycles. The largest absolute Gasteiger partial charge is 0.0911 e. The van der Waals surface area contributed by atoms with Crippen LogP contribution in [0.3, 0.4) is 0 Å². The van der Waals surface area contributed by atoms with Gasteiger partial charge in [0, 0.05) is 0 Å². The summed E-state index contributed by atoms with van der Waals surface area (Å²) in [6.07, 6.45) is 11.5. The molecular weight excluding hydrogens is 480 g/mol. The molecule has 0 heteroatoms. The Hall–Kier alpha value is -4.16. The van der Waals surface area contributed by atoms with Gasteiger partial charge in [-0.25, -0.2) is 0 Å². The maximum absolute atomic E-state index is 4.44. The third kappa shape index (κ3) is 6.02. The Labute approximate surface area is 241 Å². The van der Waals surface area contributed by atoms with Gasteiger partial charge in [-0.3, -0.25) is 0 Å². The van der Waals surface area contributed by atoms with E-state index in [9.17, 15) is 0 Å². The summed E-state index contributed by atoms with van der Waals surface area (Å²) in [5.41, 5.74) is 12.8. The fourth-order valence-corrected chi connectivity index (χ4v) is 5.98. The van der Waals surface area contributed by atoms with Crippen molar-refractivity contribution >= 4 is 16.7 Å². The highest BCUT2D eigenvalue weighted by molar-refractivity contribution is 5.89. The molecule has 0 bridgehead atoms. The van der Waals surface area contributed by atoms with Crippen LogP contribution in [0.2, 0.25) is 0 Å². The second-order valence-corrected chi connectivity index (χ2v) is 11.8. The van der Waals surface area contributed by atoms with Crippen LogP contribution in [0.5, 0.6) is 0 Å². The van der Waals surface area contributed by atoms with Crippen LogP contribution in [-0.4, -0.2) is 0 Å². The highest BCUT2D eigenvalue weighted by atomic mass is 14.3. The third-order valence-corrected chi connectivity index (χ3v) is 8.35. The first-order valence-electron chi connectivity index (χ1n) is 14.4. The predicted octanol–water partition coefficient (Wildman–Crippen LogP) is 11.1. The molecule has 0 nitrogen and oxygen atoms in total. The average Bonchev–Trinajstić information content (AvgIpc) is 2.98. The average molecular weight is 521 g/mol. The fourth-order valence-electron chi connectivity index (χ4n) is 5.98. The maximum atomic E-state index is 4.44. The van der Waals surface area contributed by atoms with Gasteiger partial charge in [-0.15, -0.1) is 0 Å². The first-order chi connectivity index (χ1) is 19.3. The van der Waals surface area contributed by atoms with E-state index in [-0.39, 0.29) is 5.41 Å². The summed E-state index contributed by atoms with van der Waals surface area (Å²) in [5, 5.41) is 0. The van der Waals surface area contributed by atoms with Gasteiger partial charge >= 0.3 is 0 Å². The molecule has 40 heavy (non-hydrogen) atoms. The number of rotatable bonds is 8. The summed E-state index contributed by atoms with van der Waals surface area (Å²) in [4.78, 5) is 0. The molecule has 4 aromatic rings. The van der Waals surface area contributed by atoms with E-state index in [0.29, 0.717) is 5.92 Å². The summed E-state index contributed by atoms with van der Waals surface area (Å²) >= 11 is 0. The van der Waals surface area contributed by atoms with Crippen LogP contribution >= 0.6 is 0 Å². The molecule has 5 rings (SSSR count). The van der Waals surface area contributed by atoms with Crippen LogP contribution in [0.4, 0.5) is 0 Å². The molecule has 0 aliphatic heterocycles. The quantitative estimate of drug-likeness (QED) is 0.203. The molecule has 1 unspecified atom stereocenters. The molecule has 0 saturated carbocycles. The lowest BCUT2D eigenvalue weighted by Crippen LogP contribution is -2.24. The second-order valence-electron chi connectivity index (χ2n) is 11.8. The second kappa shape index (κ2) is 11.9. The van der Waals surface area contributed by atoms with Crippen LogP contribution < -0.4 is 0 Å².